The van der Waals surface area contributed by atoms with Gasteiger partial charge in [-0.25, -0.2) is 0 Å². The number of ether oxygens (including phenoxy) is 1. The Labute approximate surface area is 93.0 Å². The summed E-state index contributed by atoms with van der Waals surface area (Å²) in [4.78, 5) is 2.51. The standard InChI is InChI=1S/C12H24N2O/c1-2-14(7-10-3-4-10)8-12(13)11-5-6-15-9-11/h10-12H,2-9,13H2,1H3. The predicted octanol–water partition coefficient (Wildman–Crippen LogP) is 1.08. The fraction of sp³-hybridized carbons (Fsp3) is 1.00. The van der Waals surface area contributed by atoms with Crippen LogP contribution in [0.1, 0.15) is 26.2 Å². The highest BCUT2D eigenvalue weighted by Crippen LogP contribution is 2.29. The second kappa shape index (κ2) is 5.28. The summed E-state index contributed by atoms with van der Waals surface area (Å²) in [6.45, 7) is 7.48. The van der Waals surface area contributed by atoms with Gasteiger partial charge in [0.25, 0.3) is 0 Å². The summed E-state index contributed by atoms with van der Waals surface area (Å²) in [5, 5.41) is 0. The molecule has 1 aliphatic heterocycles. The zero-order chi connectivity index (χ0) is 10.7. The first-order valence-electron chi connectivity index (χ1n) is 6.35. The average Bonchev–Trinajstić information content (AvgIpc) is 2.88. The third-order valence-electron chi connectivity index (χ3n) is 3.70. The van der Waals surface area contributed by atoms with Gasteiger partial charge in [-0.05, 0) is 31.7 Å². The molecule has 0 spiro atoms. The summed E-state index contributed by atoms with van der Waals surface area (Å²) in [6, 6.07) is 0.311. The molecule has 1 aliphatic carbocycles. The Kier molecular flexibility index (Phi) is 4.00. The summed E-state index contributed by atoms with van der Waals surface area (Å²) in [7, 11) is 0. The first-order chi connectivity index (χ1) is 7.29. The maximum atomic E-state index is 6.23. The molecule has 1 saturated heterocycles. The average molecular weight is 212 g/mol. The highest BCUT2D eigenvalue weighted by atomic mass is 16.5. The van der Waals surface area contributed by atoms with E-state index in [1.165, 1.54) is 19.4 Å². The summed E-state index contributed by atoms with van der Waals surface area (Å²) >= 11 is 0. The molecule has 0 bridgehead atoms. The van der Waals surface area contributed by atoms with Gasteiger partial charge in [-0.2, -0.15) is 0 Å². The van der Waals surface area contributed by atoms with E-state index in [1.54, 1.807) is 0 Å². The Morgan fingerprint density at radius 2 is 2.20 bits per heavy atom. The Balaban J connectivity index is 1.71. The fourth-order valence-corrected chi connectivity index (χ4v) is 2.34. The van der Waals surface area contributed by atoms with Crippen LogP contribution < -0.4 is 5.73 Å². The van der Waals surface area contributed by atoms with E-state index in [0.29, 0.717) is 12.0 Å². The minimum absolute atomic E-state index is 0.311. The van der Waals surface area contributed by atoms with Crippen molar-refractivity contribution in [2.45, 2.75) is 32.2 Å². The molecule has 0 aromatic rings. The van der Waals surface area contributed by atoms with Gasteiger partial charge in [-0.15, -0.1) is 0 Å². The normalized spacial score (nSPS) is 28.6. The molecule has 3 heteroatoms. The number of rotatable bonds is 6. The minimum atomic E-state index is 0.311. The third kappa shape index (κ3) is 3.44. The molecule has 1 heterocycles. The van der Waals surface area contributed by atoms with Crippen LogP contribution in [0.2, 0.25) is 0 Å². The van der Waals surface area contributed by atoms with Crippen LogP contribution in [-0.2, 0) is 4.74 Å². The molecule has 0 aromatic heterocycles. The molecule has 1 saturated carbocycles. The summed E-state index contributed by atoms with van der Waals surface area (Å²) in [5.41, 5.74) is 6.23. The van der Waals surface area contributed by atoms with Crippen molar-refractivity contribution in [3.63, 3.8) is 0 Å². The van der Waals surface area contributed by atoms with E-state index >= 15 is 0 Å². The van der Waals surface area contributed by atoms with Gasteiger partial charge < -0.3 is 15.4 Å². The van der Waals surface area contributed by atoms with Crippen LogP contribution in [0.3, 0.4) is 0 Å². The van der Waals surface area contributed by atoms with Crippen molar-refractivity contribution >= 4 is 0 Å². The SMILES string of the molecule is CCN(CC1CC1)CC(N)C1CCOC1. The Morgan fingerprint density at radius 1 is 1.40 bits per heavy atom. The largest absolute Gasteiger partial charge is 0.381 e. The van der Waals surface area contributed by atoms with Gasteiger partial charge in [0.1, 0.15) is 0 Å². The number of hydrogen-bond acceptors (Lipinski definition) is 3. The maximum Gasteiger partial charge on any atom is 0.0510 e. The van der Waals surface area contributed by atoms with Crippen LogP contribution in [0, 0.1) is 11.8 Å². The van der Waals surface area contributed by atoms with Crippen LogP contribution in [0.15, 0.2) is 0 Å². The lowest BCUT2D eigenvalue weighted by Crippen LogP contribution is -2.43. The van der Waals surface area contributed by atoms with Crippen LogP contribution >= 0.6 is 0 Å². The van der Waals surface area contributed by atoms with Gasteiger partial charge in [0.2, 0.25) is 0 Å². The fourth-order valence-electron chi connectivity index (χ4n) is 2.34. The maximum absolute atomic E-state index is 6.23. The lowest BCUT2D eigenvalue weighted by Gasteiger charge is -2.26. The molecule has 88 valence electrons. The van der Waals surface area contributed by atoms with Crippen molar-refractivity contribution in [2.24, 2.45) is 17.6 Å². The van der Waals surface area contributed by atoms with E-state index in [0.717, 1.165) is 38.6 Å². The third-order valence-corrected chi connectivity index (χ3v) is 3.70. The Morgan fingerprint density at radius 3 is 2.73 bits per heavy atom. The highest BCUT2D eigenvalue weighted by Gasteiger charge is 2.27. The molecule has 0 aromatic carbocycles. The van der Waals surface area contributed by atoms with Gasteiger partial charge in [0.05, 0.1) is 6.61 Å². The predicted molar refractivity (Wildman–Crippen MR) is 61.7 cm³/mol. The molecule has 15 heavy (non-hydrogen) atoms. The lowest BCUT2D eigenvalue weighted by atomic mass is 9.99. The van der Waals surface area contributed by atoms with Crippen molar-refractivity contribution in [1.82, 2.24) is 4.90 Å². The summed E-state index contributed by atoms with van der Waals surface area (Å²) < 4.78 is 5.39. The van der Waals surface area contributed by atoms with Crippen molar-refractivity contribution in [3.05, 3.63) is 0 Å². The van der Waals surface area contributed by atoms with Crippen molar-refractivity contribution < 1.29 is 4.74 Å². The molecular weight excluding hydrogens is 188 g/mol. The summed E-state index contributed by atoms with van der Waals surface area (Å²) in [5.74, 6) is 1.57. The minimum Gasteiger partial charge on any atom is -0.381 e. The van der Waals surface area contributed by atoms with E-state index in [4.69, 9.17) is 10.5 Å². The van der Waals surface area contributed by atoms with Gasteiger partial charge >= 0.3 is 0 Å². The van der Waals surface area contributed by atoms with Crippen LogP contribution in [0.25, 0.3) is 0 Å². The number of nitrogens with zero attached hydrogens (tertiary/aromatic N) is 1. The molecule has 2 atom stereocenters. The molecule has 2 unspecified atom stereocenters. The molecular formula is C12H24N2O. The van der Waals surface area contributed by atoms with Crippen LogP contribution in [-0.4, -0.2) is 43.8 Å². The Bertz CT molecular complexity index is 188. The van der Waals surface area contributed by atoms with Crippen molar-refractivity contribution in [1.29, 1.82) is 0 Å². The number of likely N-dealkylation sites (N-methyl/N-ethyl adjacent to an activating group) is 1. The van der Waals surface area contributed by atoms with E-state index < -0.39 is 0 Å². The smallest absolute Gasteiger partial charge is 0.0510 e. The molecule has 3 nitrogen and oxygen atoms in total. The van der Waals surface area contributed by atoms with Gasteiger partial charge in [-0.1, -0.05) is 6.92 Å². The molecule has 0 radical (unpaired) electrons. The lowest BCUT2D eigenvalue weighted by molar-refractivity contribution is 0.170. The number of nitrogens with two attached hydrogens (primary N) is 1. The second-order valence-corrected chi connectivity index (χ2v) is 5.08. The highest BCUT2D eigenvalue weighted by molar-refractivity contribution is 4.82. The van der Waals surface area contributed by atoms with Crippen LogP contribution in [0.5, 0.6) is 0 Å². The first-order valence-corrected chi connectivity index (χ1v) is 6.35. The molecule has 2 aliphatic rings. The van der Waals surface area contributed by atoms with E-state index in [2.05, 4.69) is 11.8 Å². The molecule has 2 rings (SSSR count). The van der Waals surface area contributed by atoms with Crippen LogP contribution in [0.4, 0.5) is 0 Å². The molecule has 2 N–H and O–H groups in total. The molecule has 0 amide bonds. The van der Waals surface area contributed by atoms with E-state index in [9.17, 15) is 0 Å². The monoisotopic (exact) mass is 212 g/mol. The number of hydrogen-bond donors (Lipinski definition) is 1. The van der Waals surface area contributed by atoms with E-state index in [1.807, 2.05) is 0 Å². The van der Waals surface area contributed by atoms with Crippen molar-refractivity contribution in [3.8, 4) is 0 Å². The second-order valence-electron chi connectivity index (χ2n) is 5.08. The molecule has 2 fully saturated rings. The van der Waals surface area contributed by atoms with Gasteiger partial charge in [-0.3, -0.25) is 0 Å². The van der Waals surface area contributed by atoms with Gasteiger partial charge in [0.15, 0.2) is 0 Å². The quantitative estimate of drug-likeness (QED) is 0.716. The zero-order valence-corrected chi connectivity index (χ0v) is 9.82. The van der Waals surface area contributed by atoms with Gasteiger partial charge in [0, 0.05) is 31.7 Å². The van der Waals surface area contributed by atoms with Crippen molar-refractivity contribution in [2.75, 3.05) is 32.8 Å². The summed E-state index contributed by atoms with van der Waals surface area (Å²) in [6.07, 6.45) is 4.01. The topological polar surface area (TPSA) is 38.5 Å². The first kappa shape index (κ1) is 11.4. The Hall–Kier alpha value is -0.120. The zero-order valence-electron chi connectivity index (χ0n) is 9.82. The van der Waals surface area contributed by atoms with E-state index in [-0.39, 0.29) is 0 Å².